The number of rotatable bonds is 5. The third kappa shape index (κ3) is 3.74. The SMILES string of the molecule is C=C1N(C)[C@@H](CN(C)CCC(C)C)CC1(C)C. The van der Waals surface area contributed by atoms with Gasteiger partial charge in [0.2, 0.25) is 0 Å². The first-order valence-electron chi connectivity index (χ1n) is 6.85. The quantitative estimate of drug-likeness (QED) is 0.725. The zero-order valence-electron chi connectivity index (χ0n) is 12.6. The Morgan fingerprint density at radius 3 is 2.47 bits per heavy atom. The second-order valence-electron chi connectivity index (χ2n) is 6.74. The van der Waals surface area contributed by atoms with Crippen molar-refractivity contribution in [2.75, 3.05) is 27.2 Å². The highest BCUT2D eigenvalue weighted by atomic mass is 15.2. The van der Waals surface area contributed by atoms with Crippen LogP contribution in [0, 0.1) is 11.3 Å². The molecule has 0 saturated carbocycles. The number of nitrogens with zero attached hydrogens (tertiary/aromatic N) is 2. The Bertz CT molecular complexity index is 268. The lowest BCUT2D eigenvalue weighted by molar-refractivity contribution is 0.227. The van der Waals surface area contributed by atoms with Crippen LogP contribution in [0.4, 0.5) is 0 Å². The van der Waals surface area contributed by atoms with E-state index in [9.17, 15) is 0 Å². The van der Waals surface area contributed by atoms with Gasteiger partial charge in [-0.05, 0) is 32.4 Å². The van der Waals surface area contributed by atoms with Gasteiger partial charge >= 0.3 is 0 Å². The molecule has 0 unspecified atom stereocenters. The summed E-state index contributed by atoms with van der Waals surface area (Å²) in [6, 6.07) is 0.634. The second kappa shape index (κ2) is 5.43. The van der Waals surface area contributed by atoms with Crippen LogP contribution in [-0.2, 0) is 0 Å². The molecule has 0 aliphatic carbocycles. The molecule has 17 heavy (non-hydrogen) atoms. The van der Waals surface area contributed by atoms with Crippen molar-refractivity contribution in [3.8, 4) is 0 Å². The van der Waals surface area contributed by atoms with Crippen LogP contribution in [0.15, 0.2) is 12.3 Å². The standard InChI is InChI=1S/C15H30N2/c1-12(2)8-9-16(6)11-14-10-15(4,5)13(3)17(14)7/h12,14H,3,8-11H2,1-2,4-7H3/t14-/m1/s1. The molecule has 0 amide bonds. The predicted molar refractivity (Wildman–Crippen MR) is 76.0 cm³/mol. The van der Waals surface area contributed by atoms with Gasteiger partial charge in [-0.25, -0.2) is 0 Å². The molecule has 0 bridgehead atoms. The van der Waals surface area contributed by atoms with Crippen LogP contribution in [0.3, 0.4) is 0 Å². The van der Waals surface area contributed by atoms with Gasteiger partial charge in [0, 0.05) is 30.7 Å². The maximum absolute atomic E-state index is 4.23. The third-order valence-corrected chi connectivity index (χ3v) is 4.11. The lowest BCUT2D eigenvalue weighted by Gasteiger charge is -2.28. The van der Waals surface area contributed by atoms with E-state index in [4.69, 9.17) is 0 Å². The predicted octanol–water partition coefficient (Wildman–Crippen LogP) is 3.21. The number of likely N-dealkylation sites (tertiary alicyclic amines) is 1. The van der Waals surface area contributed by atoms with Crippen molar-refractivity contribution in [1.29, 1.82) is 0 Å². The van der Waals surface area contributed by atoms with Crippen LogP contribution in [0.25, 0.3) is 0 Å². The van der Waals surface area contributed by atoms with Crippen molar-refractivity contribution in [3.05, 3.63) is 12.3 Å². The number of hydrogen-bond donors (Lipinski definition) is 0. The van der Waals surface area contributed by atoms with E-state index in [1.54, 1.807) is 0 Å². The topological polar surface area (TPSA) is 6.48 Å². The average molecular weight is 238 g/mol. The molecule has 100 valence electrons. The molecule has 0 spiro atoms. The van der Waals surface area contributed by atoms with Gasteiger partial charge in [0.1, 0.15) is 0 Å². The van der Waals surface area contributed by atoms with E-state index in [1.165, 1.54) is 25.1 Å². The molecule has 2 nitrogen and oxygen atoms in total. The summed E-state index contributed by atoms with van der Waals surface area (Å²) in [5, 5.41) is 0. The Morgan fingerprint density at radius 1 is 1.47 bits per heavy atom. The van der Waals surface area contributed by atoms with Crippen molar-refractivity contribution in [2.45, 2.75) is 46.6 Å². The third-order valence-electron chi connectivity index (χ3n) is 4.11. The van der Waals surface area contributed by atoms with Gasteiger partial charge in [0.25, 0.3) is 0 Å². The van der Waals surface area contributed by atoms with Crippen molar-refractivity contribution in [2.24, 2.45) is 11.3 Å². The van der Waals surface area contributed by atoms with Crippen LogP contribution in [0.1, 0.15) is 40.5 Å². The Balaban J connectivity index is 2.45. The molecule has 0 aromatic carbocycles. The second-order valence-corrected chi connectivity index (χ2v) is 6.74. The fraction of sp³-hybridized carbons (Fsp3) is 0.867. The van der Waals surface area contributed by atoms with Crippen LogP contribution in [-0.4, -0.2) is 43.0 Å². The van der Waals surface area contributed by atoms with Crippen molar-refractivity contribution in [1.82, 2.24) is 9.80 Å². The molecule has 1 saturated heterocycles. The van der Waals surface area contributed by atoms with Crippen LogP contribution in [0.2, 0.25) is 0 Å². The van der Waals surface area contributed by atoms with Gasteiger partial charge in [0.05, 0.1) is 0 Å². The van der Waals surface area contributed by atoms with Crippen LogP contribution < -0.4 is 0 Å². The van der Waals surface area contributed by atoms with E-state index in [0.717, 1.165) is 12.5 Å². The molecule has 0 aromatic rings. The molecular weight excluding hydrogens is 208 g/mol. The minimum atomic E-state index is 0.276. The zero-order valence-corrected chi connectivity index (χ0v) is 12.6. The lowest BCUT2D eigenvalue weighted by atomic mass is 9.88. The molecule has 0 aromatic heterocycles. The van der Waals surface area contributed by atoms with Crippen LogP contribution >= 0.6 is 0 Å². The summed E-state index contributed by atoms with van der Waals surface area (Å²) in [6.45, 7) is 15.8. The maximum atomic E-state index is 4.23. The first kappa shape index (κ1) is 14.6. The number of allylic oxidation sites excluding steroid dienone is 1. The monoisotopic (exact) mass is 238 g/mol. The van der Waals surface area contributed by atoms with Gasteiger partial charge in [-0.15, -0.1) is 0 Å². The van der Waals surface area contributed by atoms with Crippen molar-refractivity contribution < 1.29 is 0 Å². The fourth-order valence-electron chi connectivity index (χ4n) is 2.66. The summed E-state index contributed by atoms with van der Waals surface area (Å²) < 4.78 is 0. The number of hydrogen-bond acceptors (Lipinski definition) is 2. The Morgan fingerprint density at radius 2 is 2.06 bits per heavy atom. The zero-order chi connectivity index (χ0) is 13.2. The molecule has 1 fully saturated rings. The first-order chi connectivity index (χ1) is 7.74. The molecule has 1 aliphatic heterocycles. The Kier molecular flexibility index (Phi) is 4.65. The molecule has 1 atom stereocenters. The van der Waals surface area contributed by atoms with Crippen molar-refractivity contribution >= 4 is 0 Å². The Hall–Kier alpha value is -0.500. The summed E-state index contributed by atoms with van der Waals surface area (Å²) in [6.07, 6.45) is 2.52. The maximum Gasteiger partial charge on any atom is 0.0419 e. The minimum absolute atomic E-state index is 0.276. The fourth-order valence-corrected chi connectivity index (χ4v) is 2.66. The molecule has 2 heteroatoms. The largest absolute Gasteiger partial charge is 0.374 e. The molecule has 1 heterocycles. The highest BCUT2D eigenvalue weighted by Gasteiger charge is 2.38. The minimum Gasteiger partial charge on any atom is -0.374 e. The first-order valence-corrected chi connectivity index (χ1v) is 6.85. The van der Waals surface area contributed by atoms with Gasteiger partial charge in [-0.3, -0.25) is 0 Å². The molecule has 1 rings (SSSR count). The van der Waals surface area contributed by atoms with Gasteiger partial charge < -0.3 is 9.80 Å². The molecular formula is C15H30N2. The summed E-state index contributed by atoms with van der Waals surface area (Å²) in [7, 11) is 4.43. The van der Waals surface area contributed by atoms with E-state index in [2.05, 4.69) is 58.2 Å². The van der Waals surface area contributed by atoms with E-state index < -0.39 is 0 Å². The molecule has 0 N–H and O–H groups in total. The lowest BCUT2D eigenvalue weighted by Crippen LogP contribution is -2.36. The van der Waals surface area contributed by atoms with E-state index in [0.29, 0.717) is 6.04 Å². The van der Waals surface area contributed by atoms with E-state index >= 15 is 0 Å². The van der Waals surface area contributed by atoms with Crippen molar-refractivity contribution in [3.63, 3.8) is 0 Å². The number of likely N-dealkylation sites (N-methyl/N-ethyl adjacent to an activating group) is 2. The molecule has 1 aliphatic rings. The molecule has 0 radical (unpaired) electrons. The highest BCUT2D eigenvalue weighted by molar-refractivity contribution is 5.14. The normalized spacial score (nSPS) is 24.1. The Labute approximate surface area is 108 Å². The van der Waals surface area contributed by atoms with E-state index in [1.807, 2.05) is 0 Å². The van der Waals surface area contributed by atoms with Gasteiger partial charge in [-0.2, -0.15) is 0 Å². The highest BCUT2D eigenvalue weighted by Crippen LogP contribution is 2.41. The summed E-state index contributed by atoms with van der Waals surface area (Å²) >= 11 is 0. The van der Waals surface area contributed by atoms with Gasteiger partial charge in [-0.1, -0.05) is 34.3 Å². The average Bonchev–Trinajstić information content (AvgIpc) is 2.39. The van der Waals surface area contributed by atoms with Crippen LogP contribution in [0.5, 0.6) is 0 Å². The summed E-state index contributed by atoms with van der Waals surface area (Å²) in [4.78, 5) is 4.85. The van der Waals surface area contributed by atoms with E-state index in [-0.39, 0.29) is 5.41 Å². The summed E-state index contributed by atoms with van der Waals surface area (Å²) in [5.74, 6) is 0.796. The van der Waals surface area contributed by atoms with Gasteiger partial charge in [0.15, 0.2) is 0 Å². The summed E-state index contributed by atoms with van der Waals surface area (Å²) in [5.41, 5.74) is 1.57. The smallest absolute Gasteiger partial charge is 0.0419 e.